The van der Waals surface area contributed by atoms with Crippen LogP contribution < -0.4 is 15.8 Å². The third-order valence-corrected chi connectivity index (χ3v) is 7.14. The van der Waals surface area contributed by atoms with Gasteiger partial charge in [-0.3, -0.25) is 9.59 Å². The van der Waals surface area contributed by atoms with Crippen molar-refractivity contribution >= 4 is 39.1 Å². The van der Waals surface area contributed by atoms with Gasteiger partial charge in [-0.05, 0) is 62.2 Å². The first-order chi connectivity index (χ1) is 14.7. The standard InChI is InChI=1S/C21H24ClN3O5S/c1-2-30-18-10-7-16(22)12-19(18)31(28,29)25-11-3-4-15(13-25)21(27)24-17-8-5-14(6-9-17)20(23)26/h5-10,12,15H,2-4,11,13H2,1H3,(H2,23,26)(H,24,27)/t15-/m0/s1. The topological polar surface area (TPSA) is 119 Å². The number of amides is 2. The first kappa shape index (κ1) is 23.1. The van der Waals surface area contributed by atoms with Gasteiger partial charge in [-0.15, -0.1) is 0 Å². The molecule has 1 atom stereocenters. The lowest BCUT2D eigenvalue weighted by molar-refractivity contribution is -0.120. The maximum atomic E-state index is 13.3. The van der Waals surface area contributed by atoms with Gasteiger partial charge >= 0.3 is 0 Å². The first-order valence-corrected chi connectivity index (χ1v) is 11.7. The van der Waals surface area contributed by atoms with Crippen molar-refractivity contribution in [3.63, 3.8) is 0 Å². The molecule has 1 aliphatic rings. The van der Waals surface area contributed by atoms with E-state index in [4.69, 9.17) is 22.1 Å². The molecule has 2 amide bonds. The molecule has 8 nitrogen and oxygen atoms in total. The highest BCUT2D eigenvalue weighted by molar-refractivity contribution is 7.89. The molecule has 0 aliphatic carbocycles. The van der Waals surface area contributed by atoms with Crippen LogP contribution in [0.3, 0.4) is 0 Å². The molecule has 0 unspecified atom stereocenters. The van der Waals surface area contributed by atoms with Crippen LogP contribution in [0.1, 0.15) is 30.1 Å². The second kappa shape index (κ2) is 9.67. The van der Waals surface area contributed by atoms with Gasteiger partial charge in [-0.25, -0.2) is 8.42 Å². The van der Waals surface area contributed by atoms with Crippen molar-refractivity contribution in [3.8, 4) is 5.75 Å². The zero-order chi connectivity index (χ0) is 22.6. The van der Waals surface area contributed by atoms with E-state index in [0.29, 0.717) is 37.2 Å². The summed E-state index contributed by atoms with van der Waals surface area (Å²) in [7, 11) is -3.90. The molecule has 31 heavy (non-hydrogen) atoms. The van der Waals surface area contributed by atoms with E-state index < -0.39 is 21.8 Å². The molecule has 0 aromatic heterocycles. The minimum Gasteiger partial charge on any atom is -0.492 e. The molecule has 1 saturated heterocycles. The Balaban J connectivity index is 1.76. The molecule has 10 heteroatoms. The van der Waals surface area contributed by atoms with Gasteiger partial charge in [0.1, 0.15) is 10.6 Å². The maximum absolute atomic E-state index is 13.3. The molecule has 3 N–H and O–H groups in total. The Bertz CT molecular complexity index is 1070. The number of hydrogen-bond acceptors (Lipinski definition) is 5. The molecule has 0 radical (unpaired) electrons. The van der Waals surface area contributed by atoms with E-state index in [9.17, 15) is 18.0 Å². The van der Waals surface area contributed by atoms with Crippen molar-refractivity contribution in [1.29, 1.82) is 0 Å². The molecular formula is C21H24ClN3O5S. The lowest BCUT2D eigenvalue weighted by atomic mass is 9.98. The molecule has 166 valence electrons. The number of ether oxygens (including phenoxy) is 1. The molecule has 2 aromatic rings. The normalized spacial score (nSPS) is 17.2. The number of carbonyl (C=O) groups excluding carboxylic acids is 2. The number of primary amides is 1. The third kappa shape index (κ3) is 5.36. The highest BCUT2D eigenvalue weighted by atomic mass is 35.5. The van der Waals surface area contributed by atoms with Gasteiger partial charge < -0.3 is 15.8 Å². The van der Waals surface area contributed by atoms with Crippen molar-refractivity contribution in [1.82, 2.24) is 4.31 Å². The summed E-state index contributed by atoms with van der Waals surface area (Å²) >= 11 is 6.03. The minimum atomic E-state index is -3.90. The van der Waals surface area contributed by atoms with Crippen LogP contribution in [-0.4, -0.2) is 44.2 Å². The lowest BCUT2D eigenvalue weighted by Crippen LogP contribution is -2.43. The predicted molar refractivity (Wildman–Crippen MR) is 118 cm³/mol. The van der Waals surface area contributed by atoms with Crippen LogP contribution in [0.2, 0.25) is 5.02 Å². The summed E-state index contributed by atoms with van der Waals surface area (Å²) < 4.78 is 33.3. The number of benzene rings is 2. The Hall–Kier alpha value is -2.62. The van der Waals surface area contributed by atoms with E-state index in [1.165, 1.54) is 28.6 Å². The number of piperidine rings is 1. The van der Waals surface area contributed by atoms with Crippen molar-refractivity contribution in [2.75, 3.05) is 25.0 Å². The molecule has 2 aromatic carbocycles. The second-order valence-electron chi connectivity index (χ2n) is 7.16. The van der Waals surface area contributed by atoms with Gasteiger partial charge in [0.2, 0.25) is 21.8 Å². The molecule has 0 saturated carbocycles. The predicted octanol–water partition coefficient (Wildman–Crippen LogP) is 2.88. The van der Waals surface area contributed by atoms with Gasteiger partial charge in [0.25, 0.3) is 0 Å². The third-order valence-electron chi connectivity index (χ3n) is 5.02. The van der Waals surface area contributed by atoms with E-state index in [2.05, 4.69) is 5.32 Å². The fourth-order valence-corrected chi connectivity index (χ4v) is 5.35. The van der Waals surface area contributed by atoms with E-state index >= 15 is 0 Å². The summed E-state index contributed by atoms with van der Waals surface area (Å²) in [6.07, 6.45) is 1.10. The monoisotopic (exact) mass is 465 g/mol. The summed E-state index contributed by atoms with van der Waals surface area (Å²) in [5, 5.41) is 3.06. The number of sulfonamides is 1. The lowest BCUT2D eigenvalue weighted by Gasteiger charge is -2.31. The molecular weight excluding hydrogens is 442 g/mol. The summed E-state index contributed by atoms with van der Waals surface area (Å²) in [5.41, 5.74) is 6.06. The van der Waals surface area contributed by atoms with Crippen LogP contribution >= 0.6 is 11.6 Å². The molecule has 0 bridgehead atoms. The Morgan fingerprint density at radius 3 is 2.58 bits per heavy atom. The van der Waals surface area contributed by atoms with Gasteiger partial charge in [0, 0.05) is 29.4 Å². The summed E-state index contributed by atoms with van der Waals surface area (Å²) in [6.45, 7) is 2.43. The number of rotatable bonds is 7. The number of hydrogen-bond donors (Lipinski definition) is 2. The van der Waals surface area contributed by atoms with Crippen molar-refractivity contribution in [3.05, 3.63) is 53.1 Å². The largest absolute Gasteiger partial charge is 0.492 e. The average molecular weight is 466 g/mol. The van der Waals surface area contributed by atoms with Crippen LogP contribution in [0, 0.1) is 5.92 Å². The van der Waals surface area contributed by atoms with E-state index in [1.807, 2.05) is 0 Å². The summed E-state index contributed by atoms with van der Waals surface area (Å²) in [5.74, 6) is -1.14. The number of halogens is 1. The quantitative estimate of drug-likeness (QED) is 0.651. The van der Waals surface area contributed by atoms with Crippen LogP contribution in [0.4, 0.5) is 5.69 Å². The van der Waals surface area contributed by atoms with Crippen molar-refractivity contribution in [2.45, 2.75) is 24.7 Å². The number of nitrogens with zero attached hydrogens (tertiary/aromatic N) is 1. The van der Waals surface area contributed by atoms with Crippen molar-refractivity contribution < 1.29 is 22.7 Å². The number of nitrogens with two attached hydrogens (primary N) is 1. The van der Waals surface area contributed by atoms with Gasteiger partial charge in [0.05, 0.1) is 12.5 Å². The van der Waals surface area contributed by atoms with Gasteiger partial charge in [0.15, 0.2) is 0 Å². The Morgan fingerprint density at radius 2 is 1.94 bits per heavy atom. The zero-order valence-corrected chi connectivity index (χ0v) is 18.6. The Kier molecular flexibility index (Phi) is 7.19. The first-order valence-electron chi connectivity index (χ1n) is 9.85. The number of nitrogens with one attached hydrogen (secondary N) is 1. The number of carbonyl (C=O) groups is 2. The van der Waals surface area contributed by atoms with Crippen LogP contribution in [0.5, 0.6) is 5.75 Å². The Morgan fingerprint density at radius 1 is 1.23 bits per heavy atom. The molecule has 0 spiro atoms. The fourth-order valence-electron chi connectivity index (χ4n) is 3.43. The molecule has 1 heterocycles. The number of anilines is 1. The van der Waals surface area contributed by atoms with Crippen LogP contribution in [0.15, 0.2) is 47.4 Å². The van der Waals surface area contributed by atoms with Crippen LogP contribution in [-0.2, 0) is 14.8 Å². The van der Waals surface area contributed by atoms with Gasteiger partial charge in [-0.1, -0.05) is 11.6 Å². The summed E-state index contributed by atoms with van der Waals surface area (Å²) in [6, 6.07) is 10.7. The van der Waals surface area contributed by atoms with Gasteiger partial charge in [-0.2, -0.15) is 4.31 Å². The average Bonchev–Trinajstić information content (AvgIpc) is 2.75. The van der Waals surface area contributed by atoms with E-state index in [1.54, 1.807) is 25.1 Å². The SMILES string of the molecule is CCOc1ccc(Cl)cc1S(=O)(=O)N1CCC[C@H](C(=O)Nc2ccc(C(N)=O)cc2)C1. The summed E-state index contributed by atoms with van der Waals surface area (Å²) in [4.78, 5) is 23.9. The molecule has 3 rings (SSSR count). The minimum absolute atomic E-state index is 0.00931. The van der Waals surface area contributed by atoms with Crippen molar-refractivity contribution in [2.24, 2.45) is 11.7 Å². The van der Waals surface area contributed by atoms with Crippen LogP contribution in [0.25, 0.3) is 0 Å². The maximum Gasteiger partial charge on any atom is 0.248 e. The highest BCUT2D eigenvalue weighted by Gasteiger charge is 2.35. The zero-order valence-electron chi connectivity index (χ0n) is 17.0. The highest BCUT2D eigenvalue weighted by Crippen LogP contribution is 2.32. The fraction of sp³-hybridized carbons (Fsp3) is 0.333. The van der Waals surface area contributed by atoms with E-state index in [-0.39, 0.29) is 28.1 Å². The van der Waals surface area contributed by atoms with E-state index in [0.717, 1.165) is 0 Å². The smallest absolute Gasteiger partial charge is 0.248 e. The molecule has 1 fully saturated rings. The second-order valence-corrected chi connectivity index (χ2v) is 9.50. The molecule has 1 aliphatic heterocycles. The Labute approximate surface area is 186 Å².